The summed E-state index contributed by atoms with van der Waals surface area (Å²) in [6, 6.07) is 13.3. The third-order valence-electron chi connectivity index (χ3n) is 5.11. The van der Waals surface area contributed by atoms with Crippen molar-refractivity contribution in [3.8, 4) is 17.2 Å². The molecule has 0 bridgehead atoms. The average molecular weight is 404 g/mol. The van der Waals surface area contributed by atoms with Crippen LogP contribution in [0, 0.1) is 11.3 Å². The van der Waals surface area contributed by atoms with Gasteiger partial charge in [-0.15, -0.1) is 0 Å². The Morgan fingerprint density at radius 2 is 1.90 bits per heavy atom. The molecule has 0 aliphatic carbocycles. The van der Waals surface area contributed by atoms with Crippen LogP contribution >= 0.6 is 11.6 Å². The number of nitrogens with zero attached hydrogens (tertiary/aromatic N) is 5. The van der Waals surface area contributed by atoms with E-state index in [1.165, 1.54) is 12.4 Å². The number of hydrogen-bond acceptors (Lipinski definition) is 5. The number of hydrogen-bond donors (Lipinski definition) is 0. The molecule has 0 spiro atoms. The van der Waals surface area contributed by atoms with Crippen molar-refractivity contribution in [3.05, 3.63) is 66.0 Å². The van der Waals surface area contributed by atoms with E-state index in [0.29, 0.717) is 36.8 Å². The molecule has 1 aliphatic heterocycles. The quantitative estimate of drug-likeness (QED) is 0.624. The lowest BCUT2D eigenvalue weighted by Gasteiger charge is -2.35. The van der Waals surface area contributed by atoms with Gasteiger partial charge in [-0.05, 0) is 24.3 Å². The number of carbonyl (C=O) groups is 1. The molecule has 1 saturated heterocycles. The minimum atomic E-state index is -0.0546. The molecule has 0 radical (unpaired) electrons. The number of amides is 1. The van der Waals surface area contributed by atoms with Crippen LogP contribution in [-0.2, 0) is 4.79 Å². The van der Waals surface area contributed by atoms with E-state index in [1.54, 1.807) is 11.0 Å². The van der Waals surface area contributed by atoms with Gasteiger partial charge >= 0.3 is 0 Å². The minimum absolute atomic E-state index is 0.0546. The largest absolute Gasteiger partial charge is 0.352 e. The van der Waals surface area contributed by atoms with Gasteiger partial charge in [-0.3, -0.25) is 4.79 Å². The van der Waals surface area contributed by atoms with Gasteiger partial charge in [0.1, 0.15) is 12.1 Å². The van der Waals surface area contributed by atoms with Crippen LogP contribution in [0.4, 0.5) is 5.82 Å². The molecule has 1 amide bonds. The zero-order valence-electron chi connectivity index (χ0n) is 15.7. The summed E-state index contributed by atoms with van der Waals surface area (Å²) in [4.78, 5) is 24.6. The van der Waals surface area contributed by atoms with E-state index in [9.17, 15) is 10.1 Å². The summed E-state index contributed by atoms with van der Waals surface area (Å²) >= 11 is 6.61. The Kier molecular flexibility index (Phi) is 5.15. The first kappa shape index (κ1) is 18.9. The van der Waals surface area contributed by atoms with Crippen LogP contribution in [0.3, 0.4) is 0 Å². The molecule has 2 heterocycles. The van der Waals surface area contributed by atoms with Crippen LogP contribution in [0.2, 0.25) is 5.02 Å². The molecule has 3 aromatic rings. The molecule has 0 saturated carbocycles. The molecule has 0 N–H and O–H groups in total. The number of aromatic nitrogens is 2. The van der Waals surface area contributed by atoms with Gasteiger partial charge in [0.2, 0.25) is 5.91 Å². The van der Waals surface area contributed by atoms with E-state index in [-0.39, 0.29) is 5.91 Å². The lowest BCUT2D eigenvalue weighted by atomic mass is 9.99. The number of benzene rings is 2. The van der Waals surface area contributed by atoms with E-state index >= 15 is 0 Å². The van der Waals surface area contributed by atoms with Crippen LogP contribution < -0.4 is 4.90 Å². The van der Waals surface area contributed by atoms with E-state index < -0.39 is 0 Å². The molecule has 29 heavy (non-hydrogen) atoms. The summed E-state index contributed by atoms with van der Waals surface area (Å²) in [7, 11) is 0. The highest BCUT2D eigenvalue weighted by Gasteiger charge is 2.22. The summed E-state index contributed by atoms with van der Waals surface area (Å²) in [5.74, 6) is 0.740. The van der Waals surface area contributed by atoms with Crippen LogP contribution in [0.5, 0.6) is 0 Å². The molecule has 1 aromatic heterocycles. The van der Waals surface area contributed by atoms with Crippen molar-refractivity contribution in [1.82, 2.24) is 14.9 Å². The average Bonchev–Trinajstić information content (AvgIpc) is 2.78. The Morgan fingerprint density at radius 3 is 2.62 bits per heavy atom. The maximum atomic E-state index is 11.8. The smallest absolute Gasteiger partial charge is 0.246 e. The lowest BCUT2D eigenvalue weighted by molar-refractivity contribution is -0.126. The van der Waals surface area contributed by atoms with Gasteiger partial charge in [0.05, 0.1) is 17.1 Å². The predicted octanol–water partition coefficient (Wildman–Crippen LogP) is 3.66. The van der Waals surface area contributed by atoms with Gasteiger partial charge in [0, 0.05) is 47.7 Å². The maximum absolute atomic E-state index is 11.8. The second-order valence-corrected chi connectivity index (χ2v) is 7.13. The van der Waals surface area contributed by atoms with Crippen molar-refractivity contribution < 1.29 is 4.79 Å². The zero-order chi connectivity index (χ0) is 20.4. The highest BCUT2D eigenvalue weighted by molar-refractivity contribution is 6.34. The van der Waals surface area contributed by atoms with Gasteiger partial charge in [0.15, 0.2) is 0 Å². The Hall–Kier alpha value is -3.43. The highest BCUT2D eigenvalue weighted by Crippen LogP contribution is 2.36. The fourth-order valence-electron chi connectivity index (χ4n) is 3.60. The summed E-state index contributed by atoms with van der Waals surface area (Å²) < 4.78 is 0. The Labute approximate surface area is 173 Å². The fraction of sp³-hybridized carbons (Fsp3) is 0.182. The van der Waals surface area contributed by atoms with E-state index in [4.69, 9.17) is 11.6 Å². The van der Waals surface area contributed by atoms with Crippen molar-refractivity contribution in [2.45, 2.75) is 0 Å². The first-order chi connectivity index (χ1) is 14.1. The first-order valence-corrected chi connectivity index (χ1v) is 9.60. The van der Waals surface area contributed by atoms with Crippen LogP contribution in [-0.4, -0.2) is 47.0 Å². The third-order valence-corrected chi connectivity index (χ3v) is 5.42. The van der Waals surface area contributed by atoms with Gasteiger partial charge in [-0.1, -0.05) is 36.4 Å². The second-order valence-electron chi connectivity index (χ2n) is 6.72. The highest BCUT2D eigenvalue weighted by atomic mass is 35.5. The molecular formula is C22H18ClN5O. The van der Waals surface area contributed by atoms with Gasteiger partial charge in [-0.2, -0.15) is 5.26 Å². The molecule has 144 valence electrons. The number of halogens is 1. The van der Waals surface area contributed by atoms with Crippen LogP contribution in [0.1, 0.15) is 5.56 Å². The summed E-state index contributed by atoms with van der Waals surface area (Å²) in [6.07, 6.45) is 2.88. The van der Waals surface area contributed by atoms with Gasteiger partial charge in [0.25, 0.3) is 0 Å². The summed E-state index contributed by atoms with van der Waals surface area (Å²) in [5.41, 5.74) is 2.86. The number of carbonyl (C=O) groups excluding carboxylic acids is 1. The molecule has 7 heteroatoms. The zero-order valence-corrected chi connectivity index (χ0v) is 16.4. The second kappa shape index (κ2) is 7.90. The Balaban J connectivity index is 1.72. The molecule has 6 nitrogen and oxygen atoms in total. The molecule has 2 aromatic carbocycles. The fourth-order valence-corrected chi connectivity index (χ4v) is 3.87. The normalized spacial score (nSPS) is 13.9. The van der Waals surface area contributed by atoms with Crippen LogP contribution in [0.15, 0.2) is 55.4 Å². The predicted molar refractivity (Wildman–Crippen MR) is 114 cm³/mol. The SMILES string of the molecule is C=CC(=O)N1CCN(c2ncnc3cc(-c4ccccc4C#N)c(Cl)cc23)CC1. The van der Waals surface area contributed by atoms with Gasteiger partial charge < -0.3 is 9.80 Å². The number of anilines is 1. The summed E-state index contributed by atoms with van der Waals surface area (Å²) in [5, 5.41) is 10.8. The number of rotatable bonds is 3. The van der Waals surface area contributed by atoms with E-state index in [2.05, 4.69) is 27.5 Å². The molecular weight excluding hydrogens is 386 g/mol. The first-order valence-electron chi connectivity index (χ1n) is 9.22. The molecule has 0 atom stereocenters. The monoisotopic (exact) mass is 403 g/mol. The summed E-state index contributed by atoms with van der Waals surface area (Å²) in [6.45, 7) is 6.10. The molecule has 1 fully saturated rings. The van der Waals surface area contributed by atoms with Crippen molar-refractivity contribution in [2.24, 2.45) is 0 Å². The van der Waals surface area contributed by atoms with Crippen molar-refractivity contribution in [3.63, 3.8) is 0 Å². The molecule has 1 aliphatic rings. The number of fused-ring (bicyclic) bond motifs is 1. The number of nitriles is 1. The molecule has 0 unspecified atom stereocenters. The third kappa shape index (κ3) is 3.53. The van der Waals surface area contributed by atoms with Gasteiger partial charge in [-0.25, -0.2) is 9.97 Å². The Bertz CT molecular complexity index is 1150. The number of piperazine rings is 1. The van der Waals surface area contributed by atoms with Crippen LogP contribution in [0.25, 0.3) is 22.0 Å². The molecule has 4 rings (SSSR count). The van der Waals surface area contributed by atoms with Crippen molar-refractivity contribution in [1.29, 1.82) is 5.26 Å². The standard InChI is InChI=1S/C22H18ClN5O/c1-2-21(29)27-7-9-28(10-8-27)22-18-11-19(23)17(12-20(18)25-14-26-22)16-6-4-3-5-15(16)13-24/h2-6,11-12,14H,1,7-10H2. The minimum Gasteiger partial charge on any atom is -0.352 e. The Morgan fingerprint density at radius 1 is 1.14 bits per heavy atom. The van der Waals surface area contributed by atoms with Crippen molar-refractivity contribution in [2.75, 3.05) is 31.1 Å². The topological polar surface area (TPSA) is 73.1 Å². The van der Waals surface area contributed by atoms with Crippen molar-refractivity contribution >= 4 is 34.2 Å². The van der Waals surface area contributed by atoms with E-state index in [1.807, 2.05) is 30.3 Å². The lowest BCUT2D eigenvalue weighted by Crippen LogP contribution is -2.48. The maximum Gasteiger partial charge on any atom is 0.246 e. The van der Waals surface area contributed by atoms with E-state index in [0.717, 1.165) is 27.8 Å².